The number of ether oxygens (including phenoxy) is 2. The van der Waals surface area contributed by atoms with Crippen LogP contribution in [-0.4, -0.2) is 40.6 Å². The molecule has 1 aromatic carbocycles. The number of amides is 1. The van der Waals surface area contributed by atoms with Crippen molar-refractivity contribution in [3.8, 4) is 5.75 Å². The van der Waals surface area contributed by atoms with Crippen LogP contribution in [0.4, 0.5) is 13.2 Å². The molecule has 0 N–H and O–H groups in total. The van der Waals surface area contributed by atoms with Crippen LogP contribution in [0.3, 0.4) is 0 Å². The molecule has 1 aliphatic carbocycles. The zero-order chi connectivity index (χ0) is 27.0. The number of halogens is 3. The maximum Gasteiger partial charge on any atom is 0.416 e. The number of nitroso groups, excluding NO2 is 1. The minimum atomic E-state index is -4.63. The van der Waals surface area contributed by atoms with Gasteiger partial charge in [-0.15, -0.1) is 0 Å². The Morgan fingerprint density at radius 3 is 2.51 bits per heavy atom. The molecule has 1 saturated heterocycles. The molecule has 8 nitrogen and oxygen atoms in total. The molecular formula is C26H33F3N4O4. The van der Waals surface area contributed by atoms with Crippen LogP contribution in [0.5, 0.6) is 5.75 Å². The van der Waals surface area contributed by atoms with Gasteiger partial charge in [-0.1, -0.05) is 25.9 Å². The lowest BCUT2D eigenvalue weighted by molar-refractivity contribution is -0.137. The lowest BCUT2D eigenvalue weighted by Gasteiger charge is -2.30. The number of rotatable bonds is 7. The summed E-state index contributed by atoms with van der Waals surface area (Å²) in [6.45, 7) is 7.42. The van der Waals surface area contributed by atoms with Crippen LogP contribution >= 0.6 is 0 Å². The Labute approximate surface area is 213 Å². The average molecular weight is 523 g/mol. The summed E-state index contributed by atoms with van der Waals surface area (Å²) in [5.74, 6) is -0.738. The SMILES string of the molecule is Cn1c(C(C)(C)C)cc(=NC(=O)c2cc(C(F)(F)F)ccc2OCC2CC(N=O)C2)n1C[C@H]1CCCO1. The largest absolute Gasteiger partial charge is 0.492 e. The minimum Gasteiger partial charge on any atom is -0.492 e. The van der Waals surface area contributed by atoms with Crippen molar-refractivity contribution in [3.63, 3.8) is 0 Å². The van der Waals surface area contributed by atoms with Crippen LogP contribution in [0.2, 0.25) is 0 Å². The first-order valence-electron chi connectivity index (χ1n) is 12.5. The third kappa shape index (κ3) is 6.14. The Morgan fingerprint density at radius 2 is 1.92 bits per heavy atom. The molecule has 11 heteroatoms. The second-order valence-electron chi connectivity index (χ2n) is 10.9. The topological polar surface area (TPSA) is 87.2 Å². The van der Waals surface area contributed by atoms with Crippen molar-refractivity contribution in [2.45, 2.75) is 76.7 Å². The normalized spacial score (nSPS) is 22.7. The minimum absolute atomic E-state index is 0.0296. The van der Waals surface area contributed by atoms with Gasteiger partial charge in [0.1, 0.15) is 5.75 Å². The van der Waals surface area contributed by atoms with Crippen LogP contribution in [0, 0.1) is 10.8 Å². The van der Waals surface area contributed by atoms with E-state index in [0.717, 1.165) is 36.7 Å². The summed E-state index contributed by atoms with van der Waals surface area (Å²) in [5.41, 5.74) is -0.214. The number of carbonyl (C=O) groups excluding carboxylic acids is 1. The third-order valence-corrected chi connectivity index (χ3v) is 7.00. The zero-order valence-corrected chi connectivity index (χ0v) is 21.5. The molecule has 0 spiro atoms. The van der Waals surface area contributed by atoms with Crippen LogP contribution < -0.4 is 10.2 Å². The highest BCUT2D eigenvalue weighted by atomic mass is 19.4. The molecule has 1 aromatic heterocycles. The van der Waals surface area contributed by atoms with E-state index in [0.29, 0.717) is 31.5 Å². The Kier molecular flexibility index (Phi) is 7.64. The van der Waals surface area contributed by atoms with Crippen molar-refractivity contribution in [3.05, 3.63) is 51.5 Å². The lowest BCUT2D eigenvalue weighted by Crippen LogP contribution is -2.31. The van der Waals surface area contributed by atoms with E-state index in [9.17, 15) is 22.9 Å². The van der Waals surface area contributed by atoms with E-state index in [1.54, 1.807) is 6.07 Å². The van der Waals surface area contributed by atoms with Gasteiger partial charge in [0.25, 0.3) is 5.91 Å². The van der Waals surface area contributed by atoms with E-state index < -0.39 is 17.6 Å². The molecule has 1 saturated carbocycles. The van der Waals surface area contributed by atoms with Gasteiger partial charge in [0.15, 0.2) is 5.49 Å². The van der Waals surface area contributed by atoms with Gasteiger partial charge < -0.3 is 9.47 Å². The van der Waals surface area contributed by atoms with Crippen molar-refractivity contribution in [1.82, 2.24) is 9.36 Å². The van der Waals surface area contributed by atoms with Gasteiger partial charge in [0.05, 0.1) is 36.4 Å². The first-order valence-corrected chi connectivity index (χ1v) is 12.5. The first-order chi connectivity index (χ1) is 17.4. The summed E-state index contributed by atoms with van der Waals surface area (Å²) in [7, 11) is 1.87. The van der Waals surface area contributed by atoms with Gasteiger partial charge in [-0.3, -0.25) is 14.2 Å². The highest BCUT2D eigenvalue weighted by Crippen LogP contribution is 2.35. The summed E-state index contributed by atoms with van der Waals surface area (Å²) >= 11 is 0. The van der Waals surface area contributed by atoms with E-state index in [4.69, 9.17) is 9.47 Å². The molecule has 202 valence electrons. The number of aromatic nitrogens is 2. The van der Waals surface area contributed by atoms with Gasteiger partial charge in [-0.05, 0) is 49.8 Å². The molecular weight excluding hydrogens is 489 g/mol. The summed E-state index contributed by atoms with van der Waals surface area (Å²) in [4.78, 5) is 28.3. The monoisotopic (exact) mass is 522 g/mol. The quantitative estimate of drug-likeness (QED) is 0.480. The van der Waals surface area contributed by atoms with E-state index in [1.165, 1.54) is 0 Å². The molecule has 2 aromatic rings. The fraction of sp³-hybridized carbons (Fsp3) is 0.615. The van der Waals surface area contributed by atoms with Gasteiger partial charge in [0.2, 0.25) is 0 Å². The van der Waals surface area contributed by atoms with E-state index in [-0.39, 0.29) is 41.4 Å². The Balaban J connectivity index is 1.71. The predicted molar refractivity (Wildman–Crippen MR) is 130 cm³/mol. The first kappa shape index (κ1) is 27.1. The standard InChI is InChI=1S/C26H33F3N4O4/c1-25(2,3)22-13-23(33(32(22)4)14-19-6-5-9-36-19)30-24(34)20-12-17(26(27,28)29)7-8-21(20)37-15-16-10-18(11-16)31-35/h7-8,12-13,16,18-19H,5-6,9-11,14-15H2,1-4H3/t16?,18?,19-/m1/s1. The number of hydrogen-bond acceptors (Lipinski definition) is 5. The smallest absolute Gasteiger partial charge is 0.416 e. The molecule has 4 rings (SSSR count). The summed E-state index contributed by atoms with van der Waals surface area (Å²) < 4.78 is 55.7. The van der Waals surface area contributed by atoms with Gasteiger partial charge >= 0.3 is 6.18 Å². The van der Waals surface area contributed by atoms with Crippen LogP contribution in [-0.2, 0) is 29.9 Å². The molecule has 1 atom stereocenters. The molecule has 1 aliphatic heterocycles. The third-order valence-electron chi connectivity index (χ3n) is 7.00. The molecule has 0 radical (unpaired) electrons. The number of carbonyl (C=O) groups is 1. The number of alkyl halides is 3. The average Bonchev–Trinajstić information content (AvgIpc) is 3.41. The fourth-order valence-electron chi connectivity index (χ4n) is 4.86. The predicted octanol–water partition coefficient (Wildman–Crippen LogP) is 4.99. The Morgan fingerprint density at radius 1 is 1.19 bits per heavy atom. The van der Waals surface area contributed by atoms with Gasteiger partial charge in [-0.2, -0.15) is 23.1 Å². The summed E-state index contributed by atoms with van der Waals surface area (Å²) in [6, 6.07) is 4.37. The maximum absolute atomic E-state index is 13.5. The zero-order valence-electron chi connectivity index (χ0n) is 21.5. The van der Waals surface area contributed by atoms with Crippen molar-refractivity contribution >= 4 is 5.91 Å². The Hall–Kier alpha value is -2.95. The second kappa shape index (κ2) is 10.4. The Bertz CT molecular complexity index is 1210. The van der Waals surface area contributed by atoms with Gasteiger partial charge in [0, 0.05) is 30.8 Å². The lowest BCUT2D eigenvalue weighted by atomic mass is 9.81. The van der Waals surface area contributed by atoms with E-state index in [1.807, 2.05) is 37.2 Å². The van der Waals surface area contributed by atoms with Crippen molar-refractivity contribution in [2.75, 3.05) is 13.2 Å². The van der Waals surface area contributed by atoms with Crippen molar-refractivity contribution < 1.29 is 27.4 Å². The molecule has 0 bridgehead atoms. The molecule has 1 amide bonds. The van der Waals surface area contributed by atoms with Gasteiger partial charge in [-0.25, -0.2) is 0 Å². The molecule has 2 heterocycles. The number of benzene rings is 1. The molecule has 0 unspecified atom stereocenters. The summed E-state index contributed by atoms with van der Waals surface area (Å²) in [6.07, 6.45) is -1.72. The van der Waals surface area contributed by atoms with Crippen LogP contribution in [0.25, 0.3) is 0 Å². The molecule has 2 aliphatic rings. The molecule has 37 heavy (non-hydrogen) atoms. The fourth-order valence-corrected chi connectivity index (χ4v) is 4.86. The van der Waals surface area contributed by atoms with Crippen molar-refractivity contribution in [2.24, 2.45) is 23.1 Å². The van der Waals surface area contributed by atoms with Crippen molar-refractivity contribution in [1.29, 1.82) is 0 Å². The number of nitrogens with zero attached hydrogens (tertiary/aromatic N) is 4. The van der Waals surface area contributed by atoms with E-state index >= 15 is 0 Å². The maximum atomic E-state index is 13.5. The van der Waals surface area contributed by atoms with Crippen LogP contribution in [0.15, 0.2) is 34.4 Å². The molecule has 2 fully saturated rings. The number of hydrogen-bond donors (Lipinski definition) is 0. The summed E-state index contributed by atoms with van der Waals surface area (Å²) in [5, 5.41) is 2.99. The highest BCUT2D eigenvalue weighted by Gasteiger charge is 2.34. The van der Waals surface area contributed by atoms with E-state index in [2.05, 4.69) is 10.2 Å². The second-order valence-corrected chi connectivity index (χ2v) is 10.9. The van der Waals surface area contributed by atoms with Crippen LogP contribution in [0.1, 0.15) is 68.1 Å². The highest BCUT2D eigenvalue weighted by molar-refractivity contribution is 5.97.